The molecule has 6 rings (SSSR count). The highest BCUT2D eigenvalue weighted by atomic mass is 16.5. The van der Waals surface area contributed by atoms with Gasteiger partial charge in [0, 0.05) is 38.0 Å². The van der Waals surface area contributed by atoms with Gasteiger partial charge in [0.15, 0.2) is 0 Å². The van der Waals surface area contributed by atoms with Gasteiger partial charge in [0.2, 0.25) is 5.91 Å². The van der Waals surface area contributed by atoms with Gasteiger partial charge < -0.3 is 20.1 Å². The number of fused-ring (bicyclic) bond motifs is 2. The third-order valence-electron chi connectivity index (χ3n) is 8.50. The molecule has 4 fully saturated rings. The van der Waals surface area contributed by atoms with Crippen molar-refractivity contribution in [2.75, 3.05) is 33.4 Å². The van der Waals surface area contributed by atoms with Gasteiger partial charge in [0.25, 0.3) is 0 Å². The van der Waals surface area contributed by atoms with Crippen LogP contribution in [0.25, 0.3) is 0 Å². The first kappa shape index (κ1) is 20.8. The fraction of sp³-hybridized carbons (Fsp3) is 0.696. The monoisotopic (exact) mass is 442 g/mol. The summed E-state index contributed by atoms with van der Waals surface area (Å²) < 4.78 is 11.5. The minimum atomic E-state index is -0.203. The number of benzene rings is 1. The molecule has 1 aromatic carbocycles. The predicted molar refractivity (Wildman–Crippen MR) is 118 cm³/mol. The van der Waals surface area contributed by atoms with E-state index >= 15 is 0 Å². The van der Waals surface area contributed by atoms with Gasteiger partial charge in [0.05, 0.1) is 37.4 Å². The lowest BCUT2D eigenvalue weighted by molar-refractivity contribution is -0.151. The van der Waals surface area contributed by atoms with Gasteiger partial charge in [-0.1, -0.05) is 12.1 Å². The highest BCUT2D eigenvalue weighted by Crippen LogP contribution is 2.42. The van der Waals surface area contributed by atoms with Crippen molar-refractivity contribution in [2.45, 2.75) is 56.8 Å². The molecule has 5 aliphatic rings. The van der Waals surface area contributed by atoms with E-state index in [9.17, 15) is 4.79 Å². The number of nitrogens with one attached hydrogen (secondary N) is 3. The smallest absolute Gasteiger partial charge is 0.232 e. The lowest BCUT2D eigenvalue weighted by Crippen LogP contribution is -2.70. The Morgan fingerprint density at radius 3 is 2.78 bits per heavy atom. The van der Waals surface area contributed by atoms with Crippen LogP contribution < -0.4 is 26.6 Å². The summed E-state index contributed by atoms with van der Waals surface area (Å²) >= 11 is 0. The Hall–Kier alpha value is -1.75. The number of piperidine rings is 1. The van der Waals surface area contributed by atoms with Crippen LogP contribution in [0.15, 0.2) is 18.2 Å². The molecular weight excluding hydrogens is 408 g/mol. The van der Waals surface area contributed by atoms with Crippen LogP contribution in [0.1, 0.15) is 36.9 Å². The molecule has 4 saturated heterocycles. The normalized spacial score (nSPS) is 38.7. The van der Waals surface area contributed by atoms with E-state index in [-0.39, 0.29) is 47.9 Å². The molecule has 4 unspecified atom stereocenters. The van der Waals surface area contributed by atoms with Crippen LogP contribution in [-0.4, -0.2) is 73.7 Å². The first-order valence-electron chi connectivity index (χ1n) is 11.9. The summed E-state index contributed by atoms with van der Waals surface area (Å²) in [4.78, 5) is 17.8. The van der Waals surface area contributed by atoms with Crippen molar-refractivity contribution in [2.24, 2.45) is 17.1 Å². The number of carbonyl (C=O) groups is 1. The van der Waals surface area contributed by atoms with Gasteiger partial charge in [-0.25, -0.2) is 10.9 Å². The molecular formula is C23H34N6O3. The van der Waals surface area contributed by atoms with Crippen molar-refractivity contribution in [1.82, 2.24) is 26.0 Å². The molecule has 5 N–H and O–H groups in total. The molecule has 1 amide bonds. The molecule has 0 bridgehead atoms. The maximum atomic E-state index is 13.5. The summed E-state index contributed by atoms with van der Waals surface area (Å²) in [7, 11) is 1.92. The zero-order valence-corrected chi connectivity index (χ0v) is 18.8. The Morgan fingerprint density at radius 2 is 2.03 bits per heavy atom. The summed E-state index contributed by atoms with van der Waals surface area (Å²) in [5, 5.41) is 3.69. The third kappa shape index (κ3) is 3.10. The number of nitrogens with two attached hydrogens (primary N) is 1. The molecule has 6 atom stereocenters. The van der Waals surface area contributed by atoms with Crippen LogP contribution in [-0.2, 0) is 16.0 Å². The second-order valence-corrected chi connectivity index (χ2v) is 10.2. The standard InChI is InChI=1S/C23H34N6O3/c1-13-19(24)23(12-32-13)6-8-29(9-7-23)22-25-20-17(21(30)28(22)2)18(26-27-20)15-3-4-16-14(11-15)5-10-31-16/h3-4,11,13,17-20,22,25-27H,5-10,12,24H2,1-2H3/t13-,17?,18?,19+,20?,22?/m0/s1. The Kier molecular flexibility index (Phi) is 4.98. The van der Waals surface area contributed by atoms with E-state index in [0.717, 1.165) is 56.9 Å². The summed E-state index contributed by atoms with van der Waals surface area (Å²) in [6, 6.07) is 6.30. The van der Waals surface area contributed by atoms with E-state index in [1.807, 2.05) is 18.0 Å². The fourth-order valence-electron chi connectivity index (χ4n) is 6.34. The van der Waals surface area contributed by atoms with Gasteiger partial charge in [-0.3, -0.25) is 15.0 Å². The summed E-state index contributed by atoms with van der Waals surface area (Å²) in [6.45, 7) is 5.36. The number of hydrazine groups is 1. The number of carbonyl (C=O) groups excluding carboxylic acids is 1. The first-order chi connectivity index (χ1) is 15.5. The topological polar surface area (TPSA) is 104 Å². The molecule has 1 spiro atoms. The van der Waals surface area contributed by atoms with Crippen LogP contribution in [0.4, 0.5) is 0 Å². The molecule has 0 radical (unpaired) electrons. The zero-order chi connectivity index (χ0) is 22.0. The largest absolute Gasteiger partial charge is 0.493 e. The van der Waals surface area contributed by atoms with E-state index in [2.05, 4.69) is 40.1 Å². The van der Waals surface area contributed by atoms with Gasteiger partial charge in [0.1, 0.15) is 12.0 Å². The van der Waals surface area contributed by atoms with Crippen LogP contribution in [0.5, 0.6) is 5.75 Å². The SMILES string of the molecule is C[C@@H]1OCC2(CCN(C3NC4NNC(c5ccc6c(c5)CCO6)C4C(=O)N3C)CC2)[C@@H]1N. The summed E-state index contributed by atoms with van der Waals surface area (Å²) in [5.41, 5.74) is 15.6. The average molecular weight is 443 g/mol. The molecule has 0 saturated carbocycles. The van der Waals surface area contributed by atoms with Crippen LogP contribution in [0.3, 0.4) is 0 Å². The van der Waals surface area contributed by atoms with Crippen molar-refractivity contribution in [3.05, 3.63) is 29.3 Å². The van der Waals surface area contributed by atoms with Crippen molar-refractivity contribution in [1.29, 1.82) is 0 Å². The Labute approximate surface area is 188 Å². The minimum absolute atomic E-state index is 0.0746. The molecule has 5 aliphatic heterocycles. The number of likely N-dealkylation sites (tertiary alicyclic amines) is 1. The maximum Gasteiger partial charge on any atom is 0.232 e. The molecule has 9 heteroatoms. The summed E-state index contributed by atoms with van der Waals surface area (Å²) in [5.74, 6) is 0.921. The highest BCUT2D eigenvalue weighted by molar-refractivity contribution is 5.82. The van der Waals surface area contributed by atoms with Gasteiger partial charge in [-0.2, -0.15) is 0 Å². The van der Waals surface area contributed by atoms with Crippen molar-refractivity contribution < 1.29 is 14.3 Å². The van der Waals surface area contributed by atoms with Crippen molar-refractivity contribution in [3.8, 4) is 5.75 Å². The number of amides is 1. The van der Waals surface area contributed by atoms with Crippen LogP contribution >= 0.6 is 0 Å². The van der Waals surface area contributed by atoms with E-state index in [0.29, 0.717) is 0 Å². The molecule has 0 aromatic heterocycles. The van der Waals surface area contributed by atoms with Gasteiger partial charge >= 0.3 is 0 Å². The molecule has 1 aromatic rings. The van der Waals surface area contributed by atoms with Crippen molar-refractivity contribution >= 4 is 5.91 Å². The highest BCUT2D eigenvalue weighted by Gasteiger charge is 2.52. The average Bonchev–Trinajstić information content (AvgIpc) is 3.51. The first-order valence-corrected chi connectivity index (χ1v) is 11.9. The van der Waals surface area contributed by atoms with E-state index < -0.39 is 0 Å². The molecule has 32 heavy (non-hydrogen) atoms. The fourth-order valence-corrected chi connectivity index (χ4v) is 6.34. The van der Waals surface area contributed by atoms with Gasteiger partial charge in [-0.05, 0) is 37.0 Å². The number of hydrogen-bond acceptors (Lipinski definition) is 8. The third-order valence-corrected chi connectivity index (χ3v) is 8.50. The number of ether oxygens (including phenoxy) is 2. The Morgan fingerprint density at radius 1 is 1.22 bits per heavy atom. The second kappa shape index (κ2) is 7.65. The number of nitrogens with zero attached hydrogens (tertiary/aromatic N) is 2. The van der Waals surface area contributed by atoms with Crippen LogP contribution in [0.2, 0.25) is 0 Å². The lowest BCUT2D eigenvalue weighted by Gasteiger charge is -2.49. The van der Waals surface area contributed by atoms with E-state index in [1.54, 1.807) is 0 Å². The quantitative estimate of drug-likeness (QED) is 0.503. The van der Waals surface area contributed by atoms with E-state index in [1.165, 1.54) is 5.56 Å². The number of rotatable bonds is 2. The summed E-state index contributed by atoms with van der Waals surface area (Å²) in [6.07, 6.45) is 2.80. The molecule has 5 heterocycles. The van der Waals surface area contributed by atoms with Crippen LogP contribution in [0, 0.1) is 11.3 Å². The van der Waals surface area contributed by atoms with E-state index in [4.69, 9.17) is 15.2 Å². The Balaban J connectivity index is 1.16. The molecule has 9 nitrogen and oxygen atoms in total. The Bertz CT molecular complexity index is 904. The molecule has 0 aliphatic carbocycles. The minimum Gasteiger partial charge on any atom is -0.493 e. The number of hydrogen-bond donors (Lipinski definition) is 4. The van der Waals surface area contributed by atoms with Gasteiger partial charge in [-0.15, -0.1) is 0 Å². The second-order valence-electron chi connectivity index (χ2n) is 10.2. The predicted octanol–water partition coefficient (Wildman–Crippen LogP) is -0.114. The lowest BCUT2D eigenvalue weighted by atomic mass is 9.73. The maximum absolute atomic E-state index is 13.5. The zero-order valence-electron chi connectivity index (χ0n) is 18.8. The molecule has 174 valence electrons. The van der Waals surface area contributed by atoms with Crippen molar-refractivity contribution in [3.63, 3.8) is 0 Å².